The molecule has 104 valence electrons. The van der Waals surface area contributed by atoms with Gasteiger partial charge in [0.2, 0.25) is 11.8 Å². The van der Waals surface area contributed by atoms with Crippen LogP contribution in [0.4, 0.5) is 0 Å². The van der Waals surface area contributed by atoms with Gasteiger partial charge in [0, 0.05) is 34.4 Å². The summed E-state index contributed by atoms with van der Waals surface area (Å²) in [6.45, 7) is 1.07. The van der Waals surface area contributed by atoms with Gasteiger partial charge in [0.25, 0.3) is 0 Å². The van der Waals surface area contributed by atoms with Gasteiger partial charge in [-0.3, -0.25) is 9.59 Å². The number of ether oxygens (including phenoxy) is 1. The van der Waals surface area contributed by atoms with Crippen LogP contribution < -0.4 is 5.73 Å². The summed E-state index contributed by atoms with van der Waals surface area (Å²) in [7, 11) is 4.98. The Morgan fingerprint density at radius 3 is 2.72 bits per heavy atom. The quantitative estimate of drug-likeness (QED) is 0.715. The van der Waals surface area contributed by atoms with Gasteiger partial charge < -0.3 is 20.3 Å². The van der Waals surface area contributed by atoms with Crippen molar-refractivity contribution in [2.75, 3.05) is 34.4 Å². The lowest BCUT2D eigenvalue weighted by Crippen LogP contribution is -2.51. The Kier molecular flexibility index (Phi) is 5.55. The number of amides is 2. The van der Waals surface area contributed by atoms with E-state index in [-0.39, 0.29) is 17.9 Å². The third kappa shape index (κ3) is 3.43. The first-order valence-corrected chi connectivity index (χ1v) is 6.25. The second-order valence-electron chi connectivity index (χ2n) is 4.81. The molecule has 1 fully saturated rings. The fourth-order valence-corrected chi connectivity index (χ4v) is 2.17. The Bertz CT molecular complexity index is 307. The zero-order chi connectivity index (χ0) is 13.7. The van der Waals surface area contributed by atoms with Crippen LogP contribution in [0.25, 0.3) is 0 Å². The lowest BCUT2D eigenvalue weighted by Gasteiger charge is -2.28. The minimum Gasteiger partial charge on any atom is -0.385 e. The van der Waals surface area contributed by atoms with Gasteiger partial charge in [-0.25, -0.2) is 0 Å². The minimum atomic E-state index is -0.583. The first-order valence-electron chi connectivity index (χ1n) is 6.25. The molecule has 1 rings (SSSR count). The van der Waals surface area contributed by atoms with Crippen molar-refractivity contribution < 1.29 is 14.3 Å². The van der Waals surface area contributed by atoms with Gasteiger partial charge >= 0.3 is 0 Å². The van der Waals surface area contributed by atoms with Crippen LogP contribution in [0.1, 0.15) is 19.3 Å². The van der Waals surface area contributed by atoms with E-state index in [1.54, 1.807) is 26.1 Å². The van der Waals surface area contributed by atoms with Crippen molar-refractivity contribution in [2.45, 2.75) is 31.3 Å². The Morgan fingerprint density at radius 1 is 1.50 bits per heavy atom. The van der Waals surface area contributed by atoms with E-state index in [4.69, 9.17) is 10.5 Å². The largest absolute Gasteiger partial charge is 0.385 e. The van der Waals surface area contributed by atoms with Crippen molar-refractivity contribution in [3.05, 3.63) is 0 Å². The van der Waals surface area contributed by atoms with Gasteiger partial charge in [0.05, 0.1) is 6.04 Å². The molecule has 6 heteroatoms. The van der Waals surface area contributed by atoms with E-state index in [1.165, 1.54) is 4.90 Å². The SMILES string of the molecule is COCCC(N)C(=O)N1CCCC1C(=O)N(C)C. The molecule has 0 aromatic heterocycles. The highest BCUT2D eigenvalue weighted by atomic mass is 16.5. The molecule has 1 saturated heterocycles. The van der Waals surface area contributed by atoms with Crippen LogP contribution in [0.2, 0.25) is 0 Å². The molecule has 0 saturated carbocycles. The van der Waals surface area contributed by atoms with Crippen molar-refractivity contribution in [1.29, 1.82) is 0 Å². The number of rotatable bonds is 5. The van der Waals surface area contributed by atoms with Gasteiger partial charge in [-0.15, -0.1) is 0 Å². The number of hydrogen-bond donors (Lipinski definition) is 1. The average Bonchev–Trinajstić information content (AvgIpc) is 2.82. The van der Waals surface area contributed by atoms with E-state index in [9.17, 15) is 9.59 Å². The Labute approximate surface area is 108 Å². The Morgan fingerprint density at radius 2 is 2.17 bits per heavy atom. The summed E-state index contributed by atoms with van der Waals surface area (Å²) < 4.78 is 4.91. The highest BCUT2D eigenvalue weighted by Gasteiger charge is 2.36. The van der Waals surface area contributed by atoms with E-state index in [1.807, 2.05) is 0 Å². The lowest BCUT2D eigenvalue weighted by atomic mass is 10.1. The summed E-state index contributed by atoms with van der Waals surface area (Å²) in [6, 6.07) is -0.929. The standard InChI is InChI=1S/C12H23N3O3/c1-14(2)12(17)10-5-4-7-15(10)11(16)9(13)6-8-18-3/h9-10H,4-8,13H2,1-3H3. The minimum absolute atomic E-state index is 0.0280. The van der Waals surface area contributed by atoms with Gasteiger partial charge in [-0.05, 0) is 19.3 Å². The number of carbonyl (C=O) groups excluding carboxylic acids is 2. The Balaban J connectivity index is 2.63. The summed E-state index contributed by atoms with van der Waals surface area (Å²) in [5.74, 6) is -0.176. The van der Waals surface area contributed by atoms with E-state index in [0.717, 1.165) is 12.8 Å². The highest BCUT2D eigenvalue weighted by Crippen LogP contribution is 2.19. The van der Waals surface area contributed by atoms with E-state index >= 15 is 0 Å². The molecule has 1 aliphatic rings. The van der Waals surface area contributed by atoms with Crippen molar-refractivity contribution in [2.24, 2.45) is 5.73 Å². The number of hydrogen-bond acceptors (Lipinski definition) is 4. The molecule has 0 aromatic rings. The van der Waals surface area contributed by atoms with Crippen molar-refractivity contribution in [3.63, 3.8) is 0 Å². The number of methoxy groups -OCH3 is 1. The van der Waals surface area contributed by atoms with Crippen LogP contribution in [0, 0.1) is 0 Å². The molecule has 0 aliphatic carbocycles. The number of carbonyl (C=O) groups is 2. The predicted octanol–water partition coefficient (Wildman–Crippen LogP) is -0.571. The summed E-state index contributed by atoms with van der Waals surface area (Å²) in [5.41, 5.74) is 5.83. The van der Waals surface area contributed by atoms with Gasteiger partial charge in [0.1, 0.15) is 6.04 Å². The maximum atomic E-state index is 12.2. The first-order chi connectivity index (χ1) is 8.49. The van der Waals surface area contributed by atoms with E-state index < -0.39 is 6.04 Å². The molecule has 2 amide bonds. The molecule has 0 bridgehead atoms. The summed E-state index contributed by atoms with van der Waals surface area (Å²) in [5, 5.41) is 0. The van der Waals surface area contributed by atoms with Crippen LogP contribution in [0.15, 0.2) is 0 Å². The first kappa shape index (κ1) is 14.9. The molecule has 6 nitrogen and oxygen atoms in total. The maximum absolute atomic E-state index is 12.2. The molecule has 2 unspecified atom stereocenters. The second kappa shape index (κ2) is 6.70. The predicted molar refractivity (Wildman–Crippen MR) is 67.9 cm³/mol. The molecule has 2 N–H and O–H groups in total. The fraction of sp³-hybridized carbons (Fsp3) is 0.833. The number of nitrogens with zero attached hydrogens (tertiary/aromatic N) is 2. The summed E-state index contributed by atoms with van der Waals surface area (Å²) in [4.78, 5) is 27.3. The zero-order valence-electron chi connectivity index (χ0n) is 11.4. The van der Waals surface area contributed by atoms with Gasteiger partial charge in [-0.2, -0.15) is 0 Å². The van der Waals surface area contributed by atoms with Crippen LogP contribution >= 0.6 is 0 Å². The summed E-state index contributed by atoms with van der Waals surface area (Å²) in [6.07, 6.45) is 2.06. The molecule has 0 radical (unpaired) electrons. The lowest BCUT2D eigenvalue weighted by molar-refractivity contribution is -0.143. The van der Waals surface area contributed by atoms with Gasteiger partial charge in [0.15, 0.2) is 0 Å². The fourth-order valence-electron chi connectivity index (χ4n) is 2.17. The topological polar surface area (TPSA) is 75.9 Å². The maximum Gasteiger partial charge on any atom is 0.244 e. The monoisotopic (exact) mass is 257 g/mol. The van der Waals surface area contributed by atoms with E-state index in [2.05, 4.69) is 0 Å². The summed E-state index contributed by atoms with van der Waals surface area (Å²) >= 11 is 0. The smallest absolute Gasteiger partial charge is 0.244 e. The third-order valence-corrected chi connectivity index (χ3v) is 3.21. The number of likely N-dealkylation sites (N-methyl/N-ethyl adjacent to an activating group) is 1. The van der Waals surface area contributed by atoms with Crippen LogP contribution in [-0.2, 0) is 14.3 Å². The molecule has 1 aliphatic heterocycles. The van der Waals surface area contributed by atoms with Crippen molar-refractivity contribution in [3.8, 4) is 0 Å². The van der Waals surface area contributed by atoms with Crippen molar-refractivity contribution in [1.82, 2.24) is 9.80 Å². The molecule has 1 heterocycles. The highest BCUT2D eigenvalue weighted by molar-refractivity contribution is 5.90. The normalized spacial score (nSPS) is 20.9. The third-order valence-electron chi connectivity index (χ3n) is 3.21. The molecular formula is C12H23N3O3. The van der Waals surface area contributed by atoms with Gasteiger partial charge in [-0.1, -0.05) is 0 Å². The molecule has 18 heavy (non-hydrogen) atoms. The van der Waals surface area contributed by atoms with E-state index in [0.29, 0.717) is 19.6 Å². The molecule has 0 aromatic carbocycles. The Hall–Kier alpha value is -1.14. The number of nitrogens with two attached hydrogens (primary N) is 1. The molecule has 2 atom stereocenters. The van der Waals surface area contributed by atoms with Crippen molar-refractivity contribution >= 4 is 11.8 Å². The second-order valence-corrected chi connectivity index (χ2v) is 4.81. The van der Waals surface area contributed by atoms with Crippen LogP contribution in [-0.4, -0.2) is 68.1 Å². The van der Waals surface area contributed by atoms with Crippen LogP contribution in [0.5, 0.6) is 0 Å². The zero-order valence-corrected chi connectivity index (χ0v) is 11.4. The van der Waals surface area contributed by atoms with Crippen LogP contribution in [0.3, 0.4) is 0 Å². The average molecular weight is 257 g/mol. The molecule has 0 spiro atoms. The number of likely N-dealkylation sites (tertiary alicyclic amines) is 1. The molecular weight excluding hydrogens is 234 g/mol.